The van der Waals surface area contributed by atoms with E-state index in [2.05, 4.69) is 34.7 Å². The van der Waals surface area contributed by atoms with E-state index in [1.807, 2.05) is 66.0 Å². The highest BCUT2D eigenvalue weighted by atomic mass is 16.1. The summed E-state index contributed by atoms with van der Waals surface area (Å²) < 4.78 is 1.81. The van der Waals surface area contributed by atoms with Gasteiger partial charge in [-0.1, -0.05) is 60.7 Å². The first-order chi connectivity index (χ1) is 12.7. The van der Waals surface area contributed by atoms with Gasteiger partial charge in [0.25, 0.3) is 5.91 Å². The van der Waals surface area contributed by atoms with Crippen molar-refractivity contribution in [1.29, 1.82) is 0 Å². The molecule has 2 aromatic carbocycles. The minimum Gasteiger partial charge on any atom is -0.347 e. The first-order valence-corrected chi connectivity index (χ1v) is 8.59. The molecule has 1 N–H and O–H groups in total. The SMILES string of the molecule is Cc1cc(-c2ccccc2)cc2cc(C(=O)NCc3ccccc3)nn12. The van der Waals surface area contributed by atoms with E-state index in [1.165, 1.54) is 0 Å². The van der Waals surface area contributed by atoms with Crippen LogP contribution in [0.15, 0.2) is 78.9 Å². The van der Waals surface area contributed by atoms with Gasteiger partial charge in [0.1, 0.15) is 0 Å². The van der Waals surface area contributed by atoms with Crippen LogP contribution in [0.3, 0.4) is 0 Å². The fourth-order valence-electron chi connectivity index (χ4n) is 3.05. The van der Waals surface area contributed by atoms with Crippen LogP contribution < -0.4 is 5.32 Å². The van der Waals surface area contributed by atoms with Crippen LogP contribution in [0.2, 0.25) is 0 Å². The lowest BCUT2D eigenvalue weighted by Crippen LogP contribution is -2.23. The molecule has 4 rings (SSSR count). The Hall–Kier alpha value is -3.40. The molecule has 0 aliphatic rings. The predicted molar refractivity (Wildman–Crippen MR) is 103 cm³/mol. The minimum atomic E-state index is -0.168. The maximum atomic E-state index is 12.5. The normalized spacial score (nSPS) is 10.8. The number of amides is 1. The standard InChI is InChI=1S/C22H19N3O/c1-16-12-19(18-10-6-3-7-11-18)13-20-14-21(24-25(16)20)22(26)23-15-17-8-4-2-5-9-17/h2-14H,15H2,1H3,(H,23,26). The number of fused-ring (bicyclic) bond motifs is 1. The van der Waals surface area contributed by atoms with Gasteiger partial charge in [0.15, 0.2) is 5.69 Å². The summed E-state index contributed by atoms with van der Waals surface area (Å²) in [6.45, 7) is 2.49. The lowest BCUT2D eigenvalue weighted by molar-refractivity contribution is 0.0945. The van der Waals surface area contributed by atoms with Crippen molar-refractivity contribution in [2.75, 3.05) is 0 Å². The molecule has 0 spiro atoms. The number of carbonyl (C=O) groups is 1. The number of hydrogen-bond acceptors (Lipinski definition) is 2. The second kappa shape index (κ2) is 6.84. The van der Waals surface area contributed by atoms with E-state index >= 15 is 0 Å². The summed E-state index contributed by atoms with van der Waals surface area (Å²) in [6.07, 6.45) is 0. The van der Waals surface area contributed by atoms with Crippen molar-refractivity contribution in [3.63, 3.8) is 0 Å². The molecule has 0 saturated heterocycles. The molecular weight excluding hydrogens is 322 g/mol. The number of rotatable bonds is 4. The highest BCUT2D eigenvalue weighted by Gasteiger charge is 2.13. The van der Waals surface area contributed by atoms with E-state index in [0.29, 0.717) is 12.2 Å². The molecular formula is C22H19N3O. The molecule has 0 unspecified atom stereocenters. The van der Waals surface area contributed by atoms with Crippen LogP contribution in [0.1, 0.15) is 21.7 Å². The summed E-state index contributed by atoms with van der Waals surface area (Å²) in [5, 5.41) is 7.39. The monoisotopic (exact) mass is 341 g/mol. The molecule has 4 nitrogen and oxygen atoms in total. The van der Waals surface area contributed by atoms with Crippen molar-refractivity contribution >= 4 is 11.4 Å². The number of nitrogens with one attached hydrogen (secondary N) is 1. The molecule has 0 atom stereocenters. The summed E-state index contributed by atoms with van der Waals surface area (Å²) in [5.41, 5.74) is 5.65. The van der Waals surface area contributed by atoms with Crippen LogP contribution in [-0.2, 0) is 6.54 Å². The third-order valence-corrected chi connectivity index (χ3v) is 4.37. The van der Waals surface area contributed by atoms with Crippen molar-refractivity contribution in [3.05, 3.63) is 95.8 Å². The Labute approximate surface area is 152 Å². The number of aryl methyl sites for hydroxylation is 1. The largest absolute Gasteiger partial charge is 0.347 e. The topological polar surface area (TPSA) is 46.4 Å². The number of benzene rings is 2. The first-order valence-electron chi connectivity index (χ1n) is 8.59. The number of nitrogens with zero attached hydrogens (tertiary/aromatic N) is 2. The van der Waals surface area contributed by atoms with Crippen LogP contribution in [0.5, 0.6) is 0 Å². The molecule has 2 heterocycles. The van der Waals surface area contributed by atoms with Gasteiger partial charge in [-0.05, 0) is 41.8 Å². The lowest BCUT2D eigenvalue weighted by Gasteiger charge is -2.05. The molecule has 2 aromatic heterocycles. The van der Waals surface area contributed by atoms with E-state index in [4.69, 9.17) is 0 Å². The van der Waals surface area contributed by atoms with Gasteiger partial charge >= 0.3 is 0 Å². The van der Waals surface area contributed by atoms with Crippen LogP contribution in [0.25, 0.3) is 16.6 Å². The second-order valence-electron chi connectivity index (χ2n) is 6.29. The Kier molecular flexibility index (Phi) is 4.23. The number of aromatic nitrogens is 2. The fourth-order valence-corrected chi connectivity index (χ4v) is 3.05. The van der Waals surface area contributed by atoms with E-state index < -0.39 is 0 Å². The number of pyridine rings is 1. The summed E-state index contributed by atoms with van der Waals surface area (Å²) in [7, 11) is 0. The molecule has 0 aliphatic carbocycles. The summed E-state index contributed by atoms with van der Waals surface area (Å²) in [4.78, 5) is 12.5. The fraction of sp³-hybridized carbons (Fsp3) is 0.0909. The van der Waals surface area contributed by atoms with Gasteiger partial charge in [-0.2, -0.15) is 5.10 Å². The molecule has 128 valence electrons. The minimum absolute atomic E-state index is 0.168. The zero-order valence-corrected chi connectivity index (χ0v) is 14.5. The van der Waals surface area contributed by atoms with Crippen LogP contribution in [-0.4, -0.2) is 15.5 Å². The quantitative estimate of drug-likeness (QED) is 0.603. The van der Waals surface area contributed by atoms with Crippen LogP contribution in [0.4, 0.5) is 0 Å². The zero-order valence-electron chi connectivity index (χ0n) is 14.5. The van der Waals surface area contributed by atoms with Gasteiger partial charge in [0, 0.05) is 12.2 Å². The lowest BCUT2D eigenvalue weighted by atomic mass is 10.1. The molecule has 4 aromatic rings. The van der Waals surface area contributed by atoms with Gasteiger partial charge in [0.2, 0.25) is 0 Å². The van der Waals surface area contributed by atoms with Crippen LogP contribution in [0, 0.1) is 6.92 Å². The molecule has 0 aliphatic heterocycles. The number of hydrogen-bond donors (Lipinski definition) is 1. The van der Waals surface area contributed by atoms with Crippen molar-refractivity contribution in [3.8, 4) is 11.1 Å². The highest BCUT2D eigenvalue weighted by molar-refractivity contribution is 5.93. The Morgan fingerprint density at radius 2 is 1.62 bits per heavy atom. The van der Waals surface area contributed by atoms with Crippen molar-refractivity contribution in [2.45, 2.75) is 13.5 Å². The highest BCUT2D eigenvalue weighted by Crippen LogP contribution is 2.23. The Balaban J connectivity index is 1.61. The summed E-state index contributed by atoms with van der Waals surface area (Å²) in [6, 6.07) is 26.0. The Bertz CT molecular complexity index is 1050. The third-order valence-electron chi connectivity index (χ3n) is 4.37. The van der Waals surface area contributed by atoms with Gasteiger partial charge in [0.05, 0.1) is 5.52 Å². The van der Waals surface area contributed by atoms with Crippen molar-refractivity contribution in [1.82, 2.24) is 14.9 Å². The van der Waals surface area contributed by atoms with E-state index in [9.17, 15) is 4.79 Å². The van der Waals surface area contributed by atoms with Gasteiger partial charge in [-0.15, -0.1) is 0 Å². The van der Waals surface area contributed by atoms with Crippen LogP contribution >= 0.6 is 0 Å². The maximum absolute atomic E-state index is 12.5. The smallest absolute Gasteiger partial charge is 0.272 e. The van der Waals surface area contributed by atoms with E-state index in [1.54, 1.807) is 0 Å². The molecule has 0 radical (unpaired) electrons. The third kappa shape index (κ3) is 3.22. The van der Waals surface area contributed by atoms with E-state index in [0.717, 1.165) is 27.9 Å². The second-order valence-corrected chi connectivity index (χ2v) is 6.29. The van der Waals surface area contributed by atoms with E-state index in [-0.39, 0.29) is 5.91 Å². The molecule has 0 bridgehead atoms. The number of carbonyl (C=O) groups excluding carboxylic acids is 1. The first kappa shape index (κ1) is 16.1. The molecule has 0 saturated carbocycles. The zero-order chi connectivity index (χ0) is 17.9. The van der Waals surface area contributed by atoms with Gasteiger partial charge < -0.3 is 5.32 Å². The molecule has 26 heavy (non-hydrogen) atoms. The van der Waals surface area contributed by atoms with Gasteiger partial charge in [-0.3, -0.25) is 4.79 Å². The molecule has 0 fully saturated rings. The summed E-state index contributed by atoms with van der Waals surface area (Å²) in [5.74, 6) is -0.168. The average Bonchev–Trinajstić information content (AvgIpc) is 3.12. The predicted octanol–water partition coefficient (Wildman–Crippen LogP) is 4.24. The molecule has 4 heteroatoms. The average molecular weight is 341 g/mol. The summed E-state index contributed by atoms with van der Waals surface area (Å²) >= 11 is 0. The van der Waals surface area contributed by atoms with Crippen molar-refractivity contribution < 1.29 is 4.79 Å². The molecule has 1 amide bonds. The Morgan fingerprint density at radius 3 is 2.35 bits per heavy atom. The van der Waals surface area contributed by atoms with Gasteiger partial charge in [-0.25, -0.2) is 4.52 Å². The maximum Gasteiger partial charge on any atom is 0.272 e. The van der Waals surface area contributed by atoms with Crippen molar-refractivity contribution in [2.24, 2.45) is 0 Å². The Morgan fingerprint density at radius 1 is 0.923 bits per heavy atom.